The van der Waals surface area contributed by atoms with Gasteiger partial charge in [0.1, 0.15) is 12.1 Å². The average molecular weight is 366 g/mol. The van der Waals surface area contributed by atoms with Crippen molar-refractivity contribution < 1.29 is 9.13 Å². The molecule has 1 aliphatic carbocycles. The molecule has 0 amide bonds. The summed E-state index contributed by atoms with van der Waals surface area (Å²) in [4.78, 5) is 24.1. The smallest absolute Gasteiger partial charge is 0.261 e. The molecule has 1 aromatic carbocycles. The molecule has 0 fully saturated rings. The second-order valence-corrected chi connectivity index (χ2v) is 6.60. The van der Waals surface area contributed by atoms with E-state index in [1.54, 1.807) is 36.8 Å². The van der Waals surface area contributed by atoms with E-state index in [0.717, 1.165) is 22.6 Å². The fraction of sp³-hybridized carbons (Fsp3) is 0.250. The number of rotatable bonds is 4. The molecule has 0 saturated heterocycles. The predicted molar refractivity (Wildman–Crippen MR) is 101 cm³/mol. The lowest BCUT2D eigenvalue weighted by molar-refractivity contribution is 0.192. The summed E-state index contributed by atoms with van der Waals surface area (Å²) in [6.07, 6.45) is 4.37. The summed E-state index contributed by atoms with van der Waals surface area (Å²) in [5.41, 5.74) is 5.13. The average Bonchev–Trinajstić information content (AvgIpc) is 2.67. The molecule has 6 nitrogen and oxygen atoms in total. The summed E-state index contributed by atoms with van der Waals surface area (Å²) in [5.74, 6) is 0.412. The molecule has 1 aliphatic rings. The zero-order valence-corrected chi connectivity index (χ0v) is 15.1. The monoisotopic (exact) mass is 366 g/mol. The Morgan fingerprint density at radius 1 is 1.07 bits per heavy atom. The van der Waals surface area contributed by atoms with Gasteiger partial charge in [-0.25, -0.2) is 9.37 Å². The van der Waals surface area contributed by atoms with Crippen molar-refractivity contribution in [1.82, 2.24) is 14.5 Å². The van der Waals surface area contributed by atoms with Crippen LogP contribution in [0.15, 0.2) is 47.7 Å². The Morgan fingerprint density at radius 3 is 2.48 bits per heavy atom. The van der Waals surface area contributed by atoms with Gasteiger partial charge in [-0.3, -0.25) is 14.3 Å². The molecule has 0 spiro atoms. The molecule has 0 aliphatic heterocycles. The van der Waals surface area contributed by atoms with Crippen molar-refractivity contribution >= 4 is 5.69 Å². The van der Waals surface area contributed by atoms with Gasteiger partial charge in [0.2, 0.25) is 6.86 Å². The maximum atomic E-state index is 13.0. The van der Waals surface area contributed by atoms with Crippen LogP contribution in [-0.2, 0) is 12.8 Å². The van der Waals surface area contributed by atoms with E-state index in [-0.39, 0.29) is 5.56 Å². The molecule has 3 aromatic rings. The number of hydrogen-bond donors (Lipinski definition) is 0. The molecule has 0 unspecified atom stereocenters. The van der Waals surface area contributed by atoms with Crippen molar-refractivity contribution in [3.8, 4) is 11.4 Å². The first-order valence-electron chi connectivity index (χ1n) is 8.61. The zero-order chi connectivity index (χ0) is 19.0. The Labute approximate surface area is 155 Å². The standard InChI is InChI=1S/C20H19FN4O2/c1-24(2)19-7-8-22-17-10-16-18(9-15(17)19)23-12-25(20(16)26)13-3-5-14(6-4-13)27-11-21/h3-8,12H,9-11H2,1-2H3. The largest absolute Gasteiger partial charge is 0.463 e. The normalized spacial score (nSPS) is 12.3. The predicted octanol–water partition coefficient (Wildman–Crippen LogP) is 2.49. The van der Waals surface area contributed by atoms with Crippen LogP contribution in [0.2, 0.25) is 0 Å². The third kappa shape index (κ3) is 3.05. The first-order valence-corrected chi connectivity index (χ1v) is 8.61. The van der Waals surface area contributed by atoms with Crippen molar-refractivity contribution in [3.63, 3.8) is 0 Å². The highest BCUT2D eigenvalue weighted by atomic mass is 19.1. The third-order valence-electron chi connectivity index (χ3n) is 4.78. The third-order valence-corrected chi connectivity index (χ3v) is 4.78. The quantitative estimate of drug-likeness (QED) is 0.555. The van der Waals surface area contributed by atoms with Crippen molar-refractivity contribution in [2.24, 2.45) is 0 Å². The minimum Gasteiger partial charge on any atom is -0.463 e. The number of aromatic nitrogens is 3. The SMILES string of the molecule is CN(C)c1ccnc2c1Cc1ncn(-c3ccc(OCF)cc3)c(=O)c1C2. The summed E-state index contributed by atoms with van der Waals surface area (Å²) in [7, 11) is 3.99. The molecular weight excluding hydrogens is 347 g/mol. The van der Waals surface area contributed by atoms with E-state index in [1.165, 1.54) is 4.57 Å². The number of nitrogens with zero attached hydrogens (tertiary/aromatic N) is 4. The number of ether oxygens (including phenoxy) is 1. The fourth-order valence-electron chi connectivity index (χ4n) is 3.43. The summed E-state index contributed by atoms with van der Waals surface area (Å²) < 4.78 is 18.6. The highest BCUT2D eigenvalue weighted by Gasteiger charge is 2.24. The Morgan fingerprint density at radius 2 is 1.78 bits per heavy atom. The lowest BCUT2D eigenvalue weighted by Crippen LogP contribution is -2.29. The van der Waals surface area contributed by atoms with Gasteiger partial charge in [0, 0.05) is 49.9 Å². The lowest BCUT2D eigenvalue weighted by atomic mass is 9.92. The number of hydrogen-bond acceptors (Lipinski definition) is 5. The second-order valence-electron chi connectivity index (χ2n) is 6.60. The molecule has 0 N–H and O–H groups in total. The van der Waals surface area contributed by atoms with Crippen LogP contribution >= 0.6 is 0 Å². The Bertz CT molecular complexity index is 1040. The molecule has 0 atom stereocenters. The van der Waals surface area contributed by atoms with E-state index in [2.05, 4.69) is 9.97 Å². The van der Waals surface area contributed by atoms with Crippen LogP contribution in [0.3, 0.4) is 0 Å². The molecule has 27 heavy (non-hydrogen) atoms. The van der Waals surface area contributed by atoms with Crippen LogP contribution in [0.25, 0.3) is 5.69 Å². The summed E-state index contributed by atoms with van der Waals surface area (Å²) >= 11 is 0. The summed E-state index contributed by atoms with van der Waals surface area (Å²) in [6.45, 7) is -0.888. The van der Waals surface area contributed by atoms with Gasteiger partial charge in [0.25, 0.3) is 5.56 Å². The lowest BCUT2D eigenvalue weighted by Gasteiger charge is -2.24. The number of pyridine rings is 1. The van der Waals surface area contributed by atoms with Crippen molar-refractivity contribution in [1.29, 1.82) is 0 Å². The van der Waals surface area contributed by atoms with E-state index in [4.69, 9.17) is 4.74 Å². The van der Waals surface area contributed by atoms with E-state index in [9.17, 15) is 9.18 Å². The second kappa shape index (κ2) is 6.83. The van der Waals surface area contributed by atoms with E-state index in [0.29, 0.717) is 29.8 Å². The molecule has 4 rings (SSSR count). The molecular formula is C20H19FN4O2. The Hall–Kier alpha value is -3.22. The topological polar surface area (TPSA) is 60.3 Å². The van der Waals surface area contributed by atoms with Crippen LogP contribution in [-0.4, -0.2) is 35.5 Å². The van der Waals surface area contributed by atoms with E-state index < -0.39 is 6.86 Å². The van der Waals surface area contributed by atoms with Gasteiger partial charge in [0.05, 0.1) is 17.1 Å². The van der Waals surface area contributed by atoms with Gasteiger partial charge in [-0.15, -0.1) is 0 Å². The van der Waals surface area contributed by atoms with Crippen LogP contribution in [0.1, 0.15) is 22.5 Å². The first-order chi connectivity index (χ1) is 13.1. The number of alkyl halides is 1. The van der Waals surface area contributed by atoms with Gasteiger partial charge in [-0.2, -0.15) is 0 Å². The number of halogens is 1. The molecule has 138 valence electrons. The van der Waals surface area contributed by atoms with E-state index in [1.807, 2.05) is 25.1 Å². The van der Waals surface area contributed by atoms with Gasteiger partial charge in [-0.05, 0) is 30.3 Å². The number of anilines is 1. The molecule has 0 radical (unpaired) electrons. The summed E-state index contributed by atoms with van der Waals surface area (Å²) in [6, 6.07) is 8.65. The van der Waals surface area contributed by atoms with Crippen LogP contribution in [0, 0.1) is 0 Å². The van der Waals surface area contributed by atoms with E-state index >= 15 is 0 Å². The van der Waals surface area contributed by atoms with Gasteiger partial charge >= 0.3 is 0 Å². The number of fused-ring (bicyclic) bond motifs is 2. The van der Waals surface area contributed by atoms with Crippen LogP contribution in [0.5, 0.6) is 5.75 Å². The summed E-state index contributed by atoms with van der Waals surface area (Å²) in [5, 5.41) is 0. The van der Waals surface area contributed by atoms with Crippen LogP contribution < -0.4 is 15.2 Å². The fourth-order valence-corrected chi connectivity index (χ4v) is 3.43. The number of benzene rings is 1. The molecule has 0 saturated carbocycles. The van der Waals surface area contributed by atoms with Gasteiger partial charge < -0.3 is 9.64 Å². The minimum absolute atomic E-state index is 0.109. The first kappa shape index (κ1) is 17.2. The van der Waals surface area contributed by atoms with Crippen LogP contribution in [0.4, 0.5) is 10.1 Å². The minimum atomic E-state index is -0.888. The zero-order valence-electron chi connectivity index (χ0n) is 15.1. The van der Waals surface area contributed by atoms with Crippen molar-refractivity contribution in [3.05, 3.63) is 75.7 Å². The van der Waals surface area contributed by atoms with Crippen molar-refractivity contribution in [2.45, 2.75) is 12.8 Å². The highest BCUT2D eigenvalue weighted by Crippen LogP contribution is 2.29. The van der Waals surface area contributed by atoms with Gasteiger partial charge in [-0.1, -0.05) is 0 Å². The Kier molecular flexibility index (Phi) is 4.35. The highest BCUT2D eigenvalue weighted by molar-refractivity contribution is 5.58. The molecule has 0 bridgehead atoms. The molecule has 7 heteroatoms. The van der Waals surface area contributed by atoms with Gasteiger partial charge in [0.15, 0.2) is 0 Å². The van der Waals surface area contributed by atoms with Crippen molar-refractivity contribution in [2.75, 3.05) is 25.9 Å². The Balaban J connectivity index is 1.73. The maximum absolute atomic E-state index is 13.0. The maximum Gasteiger partial charge on any atom is 0.261 e. The molecule has 2 heterocycles. The molecule has 2 aromatic heterocycles.